The smallest absolute Gasteiger partial charge is 0.0615 e. The van der Waals surface area contributed by atoms with Gasteiger partial charge in [0.1, 0.15) is 0 Å². The standard InChI is InChI=1S/C13H18BrNO2/c14-12-3-1-11(2-4-12)9-15-13(10-16)5-7-17-8-6-13/h1-4,15-16H,5-10H2. The van der Waals surface area contributed by atoms with Crippen LogP contribution in [0.1, 0.15) is 18.4 Å². The summed E-state index contributed by atoms with van der Waals surface area (Å²) in [5.41, 5.74) is 1.07. The zero-order valence-electron chi connectivity index (χ0n) is 9.79. The molecule has 0 aromatic heterocycles. The Kier molecular flexibility index (Phi) is 4.56. The van der Waals surface area contributed by atoms with Crippen LogP contribution in [0.4, 0.5) is 0 Å². The third-order valence-electron chi connectivity index (χ3n) is 3.33. The maximum atomic E-state index is 9.54. The minimum Gasteiger partial charge on any atom is -0.394 e. The summed E-state index contributed by atoms with van der Waals surface area (Å²) in [6, 6.07) is 8.24. The van der Waals surface area contributed by atoms with Crippen molar-refractivity contribution in [1.82, 2.24) is 5.32 Å². The van der Waals surface area contributed by atoms with E-state index in [0.29, 0.717) is 0 Å². The molecule has 1 heterocycles. The van der Waals surface area contributed by atoms with Crippen LogP contribution in [-0.4, -0.2) is 30.5 Å². The van der Waals surface area contributed by atoms with E-state index in [-0.39, 0.29) is 12.1 Å². The molecule has 1 saturated heterocycles. The lowest BCUT2D eigenvalue weighted by molar-refractivity contribution is 0.0112. The second-order valence-corrected chi connectivity index (χ2v) is 5.45. The number of ether oxygens (including phenoxy) is 1. The summed E-state index contributed by atoms with van der Waals surface area (Å²) in [6.07, 6.45) is 1.75. The fraction of sp³-hybridized carbons (Fsp3) is 0.538. The van der Waals surface area contributed by atoms with Gasteiger partial charge in [-0.1, -0.05) is 28.1 Å². The quantitative estimate of drug-likeness (QED) is 0.894. The highest BCUT2D eigenvalue weighted by atomic mass is 79.9. The first-order valence-corrected chi connectivity index (χ1v) is 6.71. The van der Waals surface area contributed by atoms with Gasteiger partial charge in [-0.05, 0) is 30.5 Å². The first-order chi connectivity index (χ1) is 8.24. The maximum Gasteiger partial charge on any atom is 0.0615 e. The maximum absolute atomic E-state index is 9.54. The molecule has 0 atom stereocenters. The van der Waals surface area contributed by atoms with Gasteiger partial charge in [-0.2, -0.15) is 0 Å². The van der Waals surface area contributed by atoms with Gasteiger partial charge >= 0.3 is 0 Å². The van der Waals surface area contributed by atoms with Crippen LogP contribution in [0.15, 0.2) is 28.7 Å². The van der Waals surface area contributed by atoms with Gasteiger partial charge in [-0.25, -0.2) is 0 Å². The second kappa shape index (κ2) is 5.96. The van der Waals surface area contributed by atoms with Crippen molar-refractivity contribution in [3.05, 3.63) is 34.3 Å². The largest absolute Gasteiger partial charge is 0.394 e. The number of hydrogen-bond donors (Lipinski definition) is 2. The Bertz CT molecular complexity index is 347. The van der Waals surface area contributed by atoms with E-state index in [9.17, 15) is 5.11 Å². The van der Waals surface area contributed by atoms with Crippen molar-refractivity contribution in [2.75, 3.05) is 19.8 Å². The lowest BCUT2D eigenvalue weighted by atomic mass is 9.91. The number of rotatable bonds is 4. The Morgan fingerprint density at radius 3 is 2.47 bits per heavy atom. The van der Waals surface area contributed by atoms with Gasteiger partial charge in [-0.3, -0.25) is 0 Å². The third-order valence-corrected chi connectivity index (χ3v) is 3.86. The summed E-state index contributed by atoms with van der Waals surface area (Å²) in [5.74, 6) is 0. The Morgan fingerprint density at radius 2 is 1.88 bits per heavy atom. The van der Waals surface area contributed by atoms with E-state index in [1.54, 1.807) is 0 Å². The van der Waals surface area contributed by atoms with E-state index in [1.165, 1.54) is 5.56 Å². The van der Waals surface area contributed by atoms with Crippen LogP contribution in [0.25, 0.3) is 0 Å². The number of aliphatic hydroxyl groups is 1. The predicted molar refractivity (Wildman–Crippen MR) is 70.9 cm³/mol. The van der Waals surface area contributed by atoms with Crippen LogP contribution in [0.3, 0.4) is 0 Å². The molecule has 94 valence electrons. The molecule has 1 aromatic carbocycles. The van der Waals surface area contributed by atoms with Gasteiger partial charge in [0.05, 0.1) is 6.61 Å². The topological polar surface area (TPSA) is 41.5 Å². The van der Waals surface area contributed by atoms with Crippen LogP contribution < -0.4 is 5.32 Å². The molecule has 0 spiro atoms. The van der Waals surface area contributed by atoms with Crippen LogP contribution >= 0.6 is 15.9 Å². The highest BCUT2D eigenvalue weighted by molar-refractivity contribution is 9.10. The molecule has 17 heavy (non-hydrogen) atoms. The number of halogens is 1. The van der Waals surface area contributed by atoms with Gasteiger partial charge in [0, 0.05) is 29.8 Å². The average molecular weight is 300 g/mol. The highest BCUT2D eigenvalue weighted by Gasteiger charge is 2.31. The predicted octanol–water partition coefficient (Wildman–Crippen LogP) is 2.08. The molecule has 1 aliphatic heterocycles. The minimum absolute atomic E-state index is 0.161. The molecule has 2 N–H and O–H groups in total. The van der Waals surface area contributed by atoms with Crippen molar-refractivity contribution in [3.63, 3.8) is 0 Å². The summed E-state index contributed by atoms with van der Waals surface area (Å²) in [6.45, 7) is 2.42. The van der Waals surface area contributed by atoms with Crippen molar-refractivity contribution in [2.24, 2.45) is 0 Å². The van der Waals surface area contributed by atoms with E-state index in [0.717, 1.165) is 37.1 Å². The van der Waals surface area contributed by atoms with Crippen molar-refractivity contribution in [2.45, 2.75) is 24.9 Å². The first-order valence-electron chi connectivity index (χ1n) is 5.92. The molecule has 0 radical (unpaired) electrons. The Morgan fingerprint density at radius 1 is 1.24 bits per heavy atom. The lowest BCUT2D eigenvalue weighted by Crippen LogP contribution is -2.51. The van der Waals surface area contributed by atoms with E-state index in [4.69, 9.17) is 4.74 Å². The molecular formula is C13H18BrNO2. The molecule has 0 saturated carbocycles. The number of hydrogen-bond acceptors (Lipinski definition) is 3. The first kappa shape index (κ1) is 13.0. The van der Waals surface area contributed by atoms with Crippen molar-refractivity contribution in [1.29, 1.82) is 0 Å². The van der Waals surface area contributed by atoms with Gasteiger partial charge in [0.2, 0.25) is 0 Å². The zero-order valence-corrected chi connectivity index (χ0v) is 11.4. The van der Waals surface area contributed by atoms with Gasteiger partial charge in [0.25, 0.3) is 0 Å². The molecule has 0 amide bonds. The van der Waals surface area contributed by atoms with Crippen LogP contribution in [0.5, 0.6) is 0 Å². The third kappa shape index (κ3) is 3.52. The van der Waals surface area contributed by atoms with Gasteiger partial charge < -0.3 is 15.2 Å². The van der Waals surface area contributed by atoms with Crippen LogP contribution in [-0.2, 0) is 11.3 Å². The molecule has 1 fully saturated rings. The van der Waals surface area contributed by atoms with E-state index in [1.807, 2.05) is 12.1 Å². The van der Waals surface area contributed by atoms with Gasteiger partial charge in [-0.15, -0.1) is 0 Å². The zero-order chi connectivity index (χ0) is 12.1. The average Bonchev–Trinajstić information content (AvgIpc) is 2.39. The molecule has 2 rings (SSSR count). The second-order valence-electron chi connectivity index (χ2n) is 4.53. The summed E-state index contributed by atoms with van der Waals surface area (Å²) < 4.78 is 6.42. The summed E-state index contributed by atoms with van der Waals surface area (Å²) in [5, 5.41) is 13.0. The molecular weight excluding hydrogens is 282 g/mol. The Hall–Kier alpha value is -0.420. The minimum atomic E-state index is -0.161. The lowest BCUT2D eigenvalue weighted by Gasteiger charge is -2.36. The van der Waals surface area contributed by atoms with Crippen molar-refractivity contribution >= 4 is 15.9 Å². The van der Waals surface area contributed by atoms with Crippen molar-refractivity contribution < 1.29 is 9.84 Å². The fourth-order valence-corrected chi connectivity index (χ4v) is 2.31. The molecule has 1 aliphatic rings. The monoisotopic (exact) mass is 299 g/mol. The summed E-state index contributed by atoms with van der Waals surface area (Å²) in [4.78, 5) is 0. The summed E-state index contributed by atoms with van der Waals surface area (Å²) >= 11 is 3.42. The highest BCUT2D eigenvalue weighted by Crippen LogP contribution is 2.21. The van der Waals surface area contributed by atoms with Crippen LogP contribution in [0.2, 0.25) is 0 Å². The van der Waals surface area contributed by atoms with E-state index < -0.39 is 0 Å². The molecule has 0 aliphatic carbocycles. The Labute approximate surface area is 110 Å². The molecule has 1 aromatic rings. The van der Waals surface area contributed by atoms with E-state index >= 15 is 0 Å². The van der Waals surface area contributed by atoms with Gasteiger partial charge in [0.15, 0.2) is 0 Å². The van der Waals surface area contributed by atoms with Crippen molar-refractivity contribution in [3.8, 4) is 0 Å². The molecule has 3 nitrogen and oxygen atoms in total. The molecule has 0 unspecified atom stereocenters. The normalized spacial score (nSPS) is 19.2. The van der Waals surface area contributed by atoms with E-state index in [2.05, 4.69) is 33.4 Å². The molecule has 4 heteroatoms. The van der Waals surface area contributed by atoms with Crippen LogP contribution in [0, 0.1) is 0 Å². The SMILES string of the molecule is OCC1(NCc2ccc(Br)cc2)CCOCC1. The number of nitrogens with one attached hydrogen (secondary N) is 1. The number of aliphatic hydroxyl groups excluding tert-OH is 1. The summed E-state index contributed by atoms with van der Waals surface area (Å²) in [7, 11) is 0. The number of benzene rings is 1. The fourth-order valence-electron chi connectivity index (χ4n) is 2.04. The molecule has 0 bridgehead atoms. The Balaban J connectivity index is 1.93.